The zero-order chi connectivity index (χ0) is 23.5. The van der Waals surface area contributed by atoms with E-state index in [2.05, 4.69) is 4.90 Å². The second-order valence-corrected chi connectivity index (χ2v) is 8.96. The normalized spacial score (nSPS) is 14.0. The third-order valence-electron chi connectivity index (χ3n) is 6.59. The van der Waals surface area contributed by atoms with Crippen LogP contribution >= 0.6 is 0 Å². The van der Waals surface area contributed by atoms with Crippen molar-refractivity contribution in [2.75, 3.05) is 26.2 Å². The Morgan fingerprint density at radius 2 is 1.76 bits per heavy atom. The molecule has 5 nitrogen and oxygen atoms in total. The maximum Gasteiger partial charge on any atom is 0.344 e. The molecule has 0 unspecified atom stereocenters. The van der Waals surface area contributed by atoms with Crippen LogP contribution in [0.3, 0.4) is 0 Å². The van der Waals surface area contributed by atoms with Crippen LogP contribution in [-0.4, -0.2) is 36.2 Å². The second-order valence-electron chi connectivity index (χ2n) is 8.96. The van der Waals surface area contributed by atoms with Crippen LogP contribution in [0.15, 0.2) is 75.9 Å². The summed E-state index contributed by atoms with van der Waals surface area (Å²) < 4.78 is 11.6. The quantitative estimate of drug-likeness (QED) is 0.371. The van der Waals surface area contributed by atoms with Crippen molar-refractivity contribution in [3.8, 4) is 22.6 Å². The lowest BCUT2D eigenvalue weighted by molar-refractivity contribution is 0.238. The predicted molar refractivity (Wildman–Crippen MR) is 135 cm³/mol. The highest BCUT2D eigenvalue weighted by Crippen LogP contribution is 2.32. The van der Waals surface area contributed by atoms with Crippen LogP contribution < -0.4 is 10.4 Å². The van der Waals surface area contributed by atoms with Crippen molar-refractivity contribution < 1.29 is 14.3 Å². The maximum atomic E-state index is 13.1. The van der Waals surface area contributed by atoms with Gasteiger partial charge in [-0.2, -0.15) is 0 Å². The minimum atomic E-state index is -0.399. The molecule has 0 spiro atoms. The molecule has 1 aliphatic rings. The smallest absolute Gasteiger partial charge is 0.344 e. The van der Waals surface area contributed by atoms with E-state index in [9.17, 15) is 9.90 Å². The molecule has 5 rings (SSSR count). The molecule has 1 fully saturated rings. The van der Waals surface area contributed by atoms with Crippen molar-refractivity contribution in [3.63, 3.8) is 0 Å². The number of ether oxygens (including phenoxy) is 1. The zero-order valence-electron chi connectivity index (χ0n) is 19.4. The van der Waals surface area contributed by atoms with Gasteiger partial charge >= 0.3 is 5.63 Å². The Hall–Kier alpha value is -3.57. The van der Waals surface area contributed by atoms with Crippen molar-refractivity contribution >= 4 is 11.0 Å². The molecule has 1 saturated heterocycles. The topological polar surface area (TPSA) is 62.9 Å². The molecular formula is C29H29NO4. The van der Waals surface area contributed by atoms with Gasteiger partial charge in [-0.15, -0.1) is 0 Å². The summed E-state index contributed by atoms with van der Waals surface area (Å²) in [5.41, 5.74) is 4.40. The average molecular weight is 456 g/mol. The Balaban J connectivity index is 1.46. The van der Waals surface area contributed by atoms with E-state index in [0.29, 0.717) is 24.2 Å². The number of likely N-dealkylation sites (tertiary alicyclic amines) is 1. The van der Waals surface area contributed by atoms with Crippen LogP contribution in [-0.2, 0) is 6.42 Å². The summed E-state index contributed by atoms with van der Waals surface area (Å²) in [5.74, 6) is 0.921. The Labute approximate surface area is 199 Å². The molecular weight excluding hydrogens is 426 g/mol. The molecule has 0 radical (unpaired) electrons. The number of hydrogen-bond acceptors (Lipinski definition) is 5. The predicted octanol–water partition coefficient (Wildman–Crippen LogP) is 5.54. The summed E-state index contributed by atoms with van der Waals surface area (Å²) in [6.45, 7) is 5.98. The highest BCUT2D eigenvalue weighted by Gasteiger charge is 2.19. The van der Waals surface area contributed by atoms with E-state index in [0.717, 1.165) is 39.9 Å². The fourth-order valence-electron chi connectivity index (χ4n) is 4.77. The van der Waals surface area contributed by atoms with E-state index in [1.54, 1.807) is 6.07 Å². The van der Waals surface area contributed by atoms with Crippen LogP contribution in [0.2, 0.25) is 0 Å². The van der Waals surface area contributed by atoms with Gasteiger partial charge in [-0.1, -0.05) is 36.4 Å². The molecule has 0 aliphatic carbocycles. The van der Waals surface area contributed by atoms with Crippen LogP contribution in [0.1, 0.15) is 29.5 Å². The van der Waals surface area contributed by atoms with Crippen LogP contribution in [0.4, 0.5) is 0 Å². The summed E-state index contributed by atoms with van der Waals surface area (Å²) in [5, 5.41) is 10.7. The second kappa shape index (κ2) is 9.74. The SMILES string of the molecule is Cc1ccccc1-c1c(Cc2ccc(OCCN3CCCC3)cc2)c2ccc(O)cc2oc1=O. The first-order valence-electron chi connectivity index (χ1n) is 11.9. The molecule has 0 atom stereocenters. The van der Waals surface area contributed by atoms with Crippen LogP contribution in [0.5, 0.6) is 11.5 Å². The number of fused-ring (bicyclic) bond motifs is 1. The van der Waals surface area contributed by atoms with E-state index >= 15 is 0 Å². The van der Waals surface area contributed by atoms with E-state index in [4.69, 9.17) is 9.15 Å². The molecule has 0 bridgehead atoms. The van der Waals surface area contributed by atoms with Gasteiger partial charge in [0.05, 0.1) is 5.56 Å². The molecule has 4 aromatic rings. The highest BCUT2D eigenvalue weighted by atomic mass is 16.5. The minimum Gasteiger partial charge on any atom is -0.508 e. The number of hydrogen-bond donors (Lipinski definition) is 1. The Morgan fingerprint density at radius 1 is 1.00 bits per heavy atom. The van der Waals surface area contributed by atoms with Gasteiger partial charge in [0.2, 0.25) is 0 Å². The molecule has 3 aromatic carbocycles. The molecule has 2 heterocycles. The number of rotatable bonds is 7. The first kappa shape index (κ1) is 22.2. The highest BCUT2D eigenvalue weighted by molar-refractivity contribution is 5.88. The van der Waals surface area contributed by atoms with Crippen LogP contribution in [0.25, 0.3) is 22.1 Å². The standard InChI is InChI=1S/C29H29NO4/c1-20-6-2-3-7-24(20)28-26(25-13-10-22(31)19-27(25)34-29(28)32)18-21-8-11-23(12-9-21)33-17-16-30-14-4-5-15-30/h2-3,6-13,19,31H,4-5,14-18H2,1H3. The summed E-state index contributed by atoms with van der Waals surface area (Å²) in [6.07, 6.45) is 3.13. The number of phenolic OH excluding ortho intramolecular Hbond substituents is 1. The van der Waals surface area contributed by atoms with Crippen molar-refractivity contribution in [2.24, 2.45) is 0 Å². The molecule has 34 heavy (non-hydrogen) atoms. The lowest BCUT2D eigenvalue weighted by atomic mass is 9.91. The molecule has 1 aliphatic heterocycles. The van der Waals surface area contributed by atoms with Gasteiger partial charge in [-0.3, -0.25) is 4.90 Å². The van der Waals surface area contributed by atoms with Gasteiger partial charge in [0.1, 0.15) is 23.7 Å². The number of aryl methyl sites for hydroxylation is 1. The van der Waals surface area contributed by atoms with Crippen molar-refractivity contribution in [1.82, 2.24) is 4.90 Å². The van der Waals surface area contributed by atoms with Crippen molar-refractivity contribution in [1.29, 1.82) is 0 Å². The van der Waals surface area contributed by atoms with Crippen LogP contribution in [0, 0.1) is 6.92 Å². The Kier molecular flexibility index (Phi) is 6.37. The number of aromatic hydroxyl groups is 1. The fraction of sp³-hybridized carbons (Fsp3) is 0.276. The van der Waals surface area contributed by atoms with E-state index in [1.165, 1.54) is 32.0 Å². The number of phenols is 1. The molecule has 1 aromatic heterocycles. The Morgan fingerprint density at radius 3 is 2.53 bits per heavy atom. The van der Waals surface area contributed by atoms with E-state index in [1.807, 2.05) is 61.5 Å². The lowest BCUT2D eigenvalue weighted by Crippen LogP contribution is -2.25. The van der Waals surface area contributed by atoms with Crippen molar-refractivity contribution in [3.05, 3.63) is 93.8 Å². The van der Waals surface area contributed by atoms with E-state index in [-0.39, 0.29) is 5.75 Å². The average Bonchev–Trinajstić information content (AvgIpc) is 3.34. The molecule has 5 heteroatoms. The summed E-state index contributed by atoms with van der Waals surface area (Å²) >= 11 is 0. The molecule has 0 saturated carbocycles. The van der Waals surface area contributed by atoms with Gasteiger partial charge in [-0.25, -0.2) is 4.79 Å². The van der Waals surface area contributed by atoms with Gasteiger partial charge < -0.3 is 14.3 Å². The zero-order valence-corrected chi connectivity index (χ0v) is 19.4. The maximum absolute atomic E-state index is 13.1. The minimum absolute atomic E-state index is 0.0701. The van der Waals surface area contributed by atoms with Gasteiger partial charge in [0, 0.05) is 18.0 Å². The summed E-state index contributed by atoms with van der Waals surface area (Å²) in [4.78, 5) is 15.6. The third kappa shape index (κ3) is 4.70. The number of nitrogens with zero attached hydrogens (tertiary/aromatic N) is 1. The first-order chi connectivity index (χ1) is 16.6. The molecule has 1 N–H and O–H groups in total. The molecule has 0 amide bonds. The Bertz CT molecular complexity index is 1350. The van der Waals surface area contributed by atoms with Gasteiger partial charge in [-0.05, 0) is 85.8 Å². The fourth-order valence-corrected chi connectivity index (χ4v) is 4.77. The first-order valence-corrected chi connectivity index (χ1v) is 11.9. The lowest BCUT2D eigenvalue weighted by Gasteiger charge is -2.16. The van der Waals surface area contributed by atoms with Crippen molar-refractivity contribution in [2.45, 2.75) is 26.2 Å². The molecule has 174 valence electrons. The third-order valence-corrected chi connectivity index (χ3v) is 6.59. The monoisotopic (exact) mass is 455 g/mol. The van der Waals surface area contributed by atoms with E-state index < -0.39 is 5.63 Å². The summed E-state index contributed by atoms with van der Waals surface area (Å²) in [7, 11) is 0. The number of benzene rings is 3. The van der Waals surface area contributed by atoms with Gasteiger partial charge in [0.25, 0.3) is 0 Å². The summed E-state index contributed by atoms with van der Waals surface area (Å²) in [6, 6.07) is 20.9. The largest absolute Gasteiger partial charge is 0.508 e. The van der Waals surface area contributed by atoms with Gasteiger partial charge in [0.15, 0.2) is 0 Å².